The van der Waals surface area contributed by atoms with Gasteiger partial charge in [-0.15, -0.1) is 0 Å². The molecule has 5 nitrogen and oxygen atoms in total. The Kier molecular flexibility index (Phi) is 6.08. The monoisotopic (exact) mass is 396 g/mol. The van der Waals surface area contributed by atoms with Gasteiger partial charge in [-0.3, -0.25) is 4.90 Å². The first-order chi connectivity index (χ1) is 12.9. The van der Waals surface area contributed by atoms with Crippen LogP contribution in [0.1, 0.15) is 24.4 Å². The van der Waals surface area contributed by atoms with Crippen molar-refractivity contribution in [2.45, 2.75) is 23.8 Å². The van der Waals surface area contributed by atoms with E-state index in [1.54, 1.807) is 7.11 Å². The van der Waals surface area contributed by atoms with Gasteiger partial charge in [0.15, 0.2) is 0 Å². The molecule has 1 fully saturated rings. The summed E-state index contributed by atoms with van der Waals surface area (Å²) >= 11 is 0. The van der Waals surface area contributed by atoms with E-state index in [-0.39, 0.29) is 12.6 Å². The largest absolute Gasteiger partial charge is 0.497 e. The number of nitrogens with one attached hydrogen (secondary N) is 1. The second-order valence-electron chi connectivity index (χ2n) is 6.47. The molecule has 0 bridgehead atoms. The number of benzene rings is 2. The molecule has 1 saturated heterocycles. The first-order valence-corrected chi connectivity index (χ1v) is 10.2. The van der Waals surface area contributed by atoms with Crippen LogP contribution < -0.4 is 9.46 Å². The molecule has 2 aromatic rings. The van der Waals surface area contributed by atoms with Gasteiger partial charge in [-0.1, -0.05) is 12.1 Å². The maximum atomic E-state index is 13.3. The summed E-state index contributed by atoms with van der Waals surface area (Å²) in [7, 11) is -2.34. The zero-order chi connectivity index (χ0) is 19.4. The minimum absolute atomic E-state index is 0.160. The Labute approximate surface area is 158 Å². The molecule has 0 spiro atoms. The molecule has 1 heterocycles. The first-order valence-electron chi connectivity index (χ1n) is 8.73. The van der Waals surface area contributed by atoms with Crippen LogP contribution in [-0.4, -0.2) is 40.1 Å². The van der Waals surface area contributed by atoms with Gasteiger partial charge < -0.3 is 4.74 Å². The normalized spacial score (nSPS) is 18.0. The lowest BCUT2D eigenvalue weighted by Crippen LogP contribution is -2.34. The number of sulfonamides is 1. The second-order valence-corrected chi connectivity index (χ2v) is 8.24. The summed E-state index contributed by atoms with van der Waals surface area (Å²) in [5.41, 5.74) is 1.16. The molecule has 0 amide bonds. The number of nitrogens with zero attached hydrogens (tertiary/aromatic N) is 1. The van der Waals surface area contributed by atoms with E-state index >= 15 is 0 Å². The van der Waals surface area contributed by atoms with E-state index in [2.05, 4.69) is 9.62 Å². The van der Waals surface area contributed by atoms with E-state index < -0.39 is 26.6 Å². The third-order valence-corrected chi connectivity index (χ3v) is 6.14. The highest BCUT2D eigenvalue weighted by molar-refractivity contribution is 7.89. The van der Waals surface area contributed by atoms with Crippen molar-refractivity contribution in [3.05, 3.63) is 59.7 Å². The molecule has 8 heteroatoms. The van der Waals surface area contributed by atoms with Crippen molar-refractivity contribution >= 4 is 10.0 Å². The summed E-state index contributed by atoms with van der Waals surface area (Å²) in [6.45, 7) is 1.54. The van der Waals surface area contributed by atoms with E-state index in [1.165, 1.54) is 0 Å². The smallest absolute Gasteiger partial charge is 0.240 e. The van der Waals surface area contributed by atoms with Crippen LogP contribution in [0, 0.1) is 11.6 Å². The maximum absolute atomic E-state index is 13.3. The zero-order valence-electron chi connectivity index (χ0n) is 15.0. The van der Waals surface area contributed by atoms with E-state index in [9.17, 15) is 17.2 Å². The van der Waals surface area contributed by atoms with Crippen molar-refractivity contribution in [3.8, 4) is 5.75 Å². The number of likely N-dealkylation sites (tertiary alicyclic amines) is 1. The van der Waals surface area contributed by atoms with Gasteiger partial charge in [-0.05, 0) is 49.2 Å². The molecule has 0 saturated carbocycles. The van der Waals surface area contributed by atoms with Gasteiger partial charge in [0.05, 0.1) is 12.0 Å². The van der Waals surface area contributed by atoms with E-state index in [4.69, 9.17) is 4.74 Å². The Balaban J connectivity index is 1.61. The molecule has 3 rings (SSSR count). The molecular formula is C19H22F2N2O3S. The maximum Gasteiger partial charge on any atom is 0.240 e. The van der Waals surface area contributed by atoms with Crippen LogP contribution in [0.5, 0.6) is 5.75 Å². The van der Waals surface area contributed by atoms with Gasteiger partial charge in [0.1, 0.15) is 17.4 Å². The summed E-state index contributed by atoms with van der Waals surface area (Å²) < 4.78 is 58.7. The van der Waals surface area contributed by atoms with E-state index in [0.29, 0.717) is 12.6 Å². The number of hydrogen-bond acceptors (Lipinski definition) is 4. The van der Waals surface area contributed by atoms with Crippen LogP contribution in [0.4, 0.5) is 8.78 Å². The topological polar surface area (TPSA) is 58.6 Å². The number of rotatable bonds is 7. The highest BCUT2D eigenvalue weighted by Crippen LogP contribution is 2.32. The molecule has 1 atom stereocenters. The quantitative estimate of drug-likeness (QED) is 0.781. The fourth-order valence-corrected chi connectivity index (χ4v) is 4.45. The van der Waals surface area contributed by atoms with Gasteiger partial charge >= 0.3 is 0 Å². The molecule has 146 valence electrons. The van der Waals surface area contributed by atoms with Crippen LogP contribution in [0.2, 0.25) is 0 Å². The third-order valence-electron chi connectivity index (χ3n) is 4.70. The molecule has 0 aliphatic carbocycles. The SMILES string of the molecule is COc1ccc(C2CCCN2CCNS(=O)(=O)c2cc(F)cc(F)c2)cc1. The third kappa shape index (κ3) is 4.82. The molecule has 1 unspecified atom stereocenters. The fraction of sp³-hybridized carbons (Fsp3) is 0.368. The summed E-state index contributed by atoms with van der Waals surface area (Å²) in [4.78, 5) is 1.80. The number of methoxy groups -OCH3 is 1. The Morgan fingerprint density at radius 1 is 1.15 bits per heavy atom. The molecule has 0 radical (unpaired) electrons. The lowest BCUT2D eigenvalue weighted by Gasteiger charge is -2.25. The fourth-order valence-electron chi connectivity index (χ4n) is 3.39. The van der Waals surface area contributed by atoms with E-state index in [0.717, 1.165) is 42.8 Å². The Bertz CT molecular complexity index is 868. The van der Waals surface area contributed by atoms with E-state index in [1.807, 2.05) is 24.3 Å². The number of ether oxygens (including phenoxy) is 1. The zero-order valence-corrected chi connectivity index (χ0v) is 15.8. The standard InChI is InChI=1S/C19H22F2N2O3S/c1-26-17-6-4-14(5-7-17)19-3-2-9-23(19)10-8-22-27(24,25)18-12-15(20)11-16(21)13-18/h4-7,11-13,19,22H,2-3,8-10H2,1H3. The summed E-state index contributed by atoms with van der Waals surface area (Å²) in [6, 6.07) is 10.3. The second kappa shape index (κ2) is 8.33. The average Bonchev–Trinajstić information content (AvgIpc) is 3.09. The Morgan fingerprint density at radius 3 is 2.44 bits per heavy atom. The molecule has 1 N–H and O–H groups in total. The molecule has 27 heavy (non-hydrogen) atoms. The summed E-state index contributed by atoms with van der Waals surface area (Å²) in [6.07, 6.45) is 2.02. The van der Waals surface area contributed by atoms with Crippen molar-refractivity contribution < 1.29 is 21.9 Å². The molecule has 2 aromatic carbocycles. The predicted molar refractivity (Wildman–Crippen MR) is 98.1 cm³/mol. The van der Waals surface area contributed by atoms with Gasteiger partial charge in [0.25, 0.3) is 0 Å². The molecule has 0 aromatic heterocycles. The van der Waals surface area contributed by atoms with Gasteiger partial charge in [-0.2, -0.15) is 0 Å². The van der Waals surface area contributed by atoms with Crippen LogP contribution in [0.25, 0.3) is 0 Å². The molecular weight excluding hydrogens is 374 g/mol. The van der Waals surface area contributed by atoms with Crippen molar-refractivity contribution in [3.63, 3.8) is 0 Å². The van der Waals surface area contributed by atoms with Crippen LogP contribution in [0.15, 0.2) is 47.4 Å². The lowest BCUT2D eigenvalue weighted by atomic mass is 10.0. The number of hydrogen-bond donors (Lipinski definition) is 1. The number of halogens is 2. The van der Waals surface area contributed by atoms with Gasteiger partial charge in [0.2, 0.25) is 10.0 Å². The average molecular weight is 396 g/mol. The Hall–Kier alpha value is -2.03. The van der Waals surface area contributed by atoms with Gasteiger partial charge in [0, 0.05) is 25.2 Å². The highest BCUT2D eigenvalue weighted by atomic mass is 32.2. The lowest BCUT2D eigenvalue weighted by molar-refractivity contribution is 0.261. The van der Waals surface area contributed by atoms with Crippen molar-refractivity contribution in [1.82, 2.24) is 9.62 Å². The van der Waals surface area contributed by atoms with Crippen LogP contribution in [0.3, 0.4) is 0 Å². The van der Waals surface area contributed by atoms with Crippen molar-refractivity contribution in [2.24, 2.45) is 0 Å². The minimum atomic E-state index is -3.96. The van der Waals surface area contributed by atoms with Crippen molar-refractivity contribution in [1.29, 1.82) is 0 Å². The minimum Gasteiger partial charge on any atom is -0.497 e. The van der Waals surface area contributed by atoms with Gasteiger partial charge in [-0.25, -0.2) is 21.9 Å². The molecule has 1 aliphatic rings. The summed E-state index contributed by atoms with van der Waals surface area (Å²) in [5, 5.41) is 0. The van der Waals surface area contributed by atoms with Crippen molar-refractivity contribution in [2.75, 3.05) is 26.7 Å². The van der Waals surface area contributed by atoms with Crippen LogP contribution >= 0.6 is 0 Å². The summed E-state index contributed by atoms with van der Waals surface area (Å²) in [5.74, 6) is -1.05. The molecule has 1 aliphatic heterocycles. The highest BCUT2D eigenvalue weighted by Gasteiger charge is 2.26. The van der Waals surface area contributed by atoms with Crippen LogP contribution in [-0.2, 0) is 10.0 Å². The predicted octanol–water partition coefficient (Wildman–Crippen LogP) is 3.09. The first kappa shape index (κ1) is 19.7. The Morgan fingerprint density at radius 2 is 1.81 bits per heavy atom.